The van der Waals surface area contributed by atoms with Crippen LogP contribution in [0.4, 0.5) is 13.2 Å². The van der Waals surface area contributed by atoms with E-state index < -0.39 is 60.5 Å². The van der Waals surface area contributed by atoms with Crippen molar-refractivity contribution in [3.05, 3.63) is 74.9 Å². The first-order chi connectivity index (χ1) is 21.9. The highest BCUT2D eigenvalue weighted by atomic mass is 35.5. The summed E-state index contributed by atoms with van der Waals surface area (Å²) in [5.41, 5.74) is -1.31. The molecule has 2 amide bonds. The molecule has 242 valence electrons. The topological polar surface area (TPSA) is 190 Å². The van der Waals surface area contributed by atoms with E-state index in [1.807, 2.05) is 0 Å². The first kappa shape index (κ1) is 32.3. The predicted octanol–water partition coefficient (Wildman–Crippen LogP) is 1.32. The number of amides is 2. The summed E-state index contributed by atoms with van der Waals surface area (Å²) in [5, 5.41) is 31.0. The zero-order chi connectivity index (χ0) is 33.3. The highest BCUT2D eigenvalue weighted by Gasteiger charge is 2.35. The molecule has 0 saturated carbocycles. The van der Waals surface area contributed by atoms with Crippen LogP contribution < -0.4 is 11.0 Å². The molecule has 0 bridgehead atoms. The van der Waals surface area contributed by atoms with Gasteiger partial charge in [0, 0.05) is 29.9 Å². The molecule has 3 aromatic heterocycles. The molecule has 1 unspecified atom stereocenters. The van der Waals surface area contributed by atoms with Crippen LogP contribution in [0.15, 0.2) is 41.3 Å². The third-order valence-electron chi connectivity index (χ3n) is 7.00. The summed E-state index contributed by atoms with van der Waals surface area (Å²) in [7, 11) is 0. The number of aromatic nitrogens is 7. The lowest BCUT2D eigenvalue weighted by Crippen LogP contribution is -2.50. The van der Waals surface area contributed by atoms with Crippen LogP contribution in [-0.4, -0.2) is 99.2 Å². The normalized spacial score (nSPS) is 14.8. The number of carboxylic acid groups (broad SMARTS) is 1. The van der Waals surface area contributed by atoms with Gasteiger partial charge in [-0.15, -0.1) is 10.2 Å². The second-order valence-corrected chi connectivity index (χ2v) is 10.4. The SMILES string of the molecule is CCc1nccc(C(=O)O)c1-n1nc(Cn2nc(-c3ccc(Cl)cc3)n(C(F)[C@H](O)C(F)F)c2=O)nc1C(=O)N1CCNC(=O)C1. The number of carbonyl (C=O) groups is 3. The lowest BCUT2D eigenvalue weighted by molar-refractivity contribution is -0.123. The summed E-state index contributed by atoms with van der Waals surface area (Å²) < 4.78 is 43.6. The summed E-state index contributed by atoms with van der Waals surface area (Å²) in [5.74, 6) is -3.74. The summed E-state index contributed by atoms with van der Waals surface area (Å²) in [6.45, 7) is 0.970. The highest BCUT2D eigenvalue weighted by Crippen LogP contribution is 2.26. The van der Waals surface area contributed by atoms with Gasteiger partial charge in [-0.2, -0.15) is 0 Å². The Kier molecular flexibility index (Phi) is 9.19. The van der Waals surface area contributed by atoms with Crippen LogP contribution in [-0.2, 0) is 17.8 Å². The highest BCUT2D eigenvalue weighted by molar-refractivity contribution is 6.30. The number of aliphatic hydroxyl groups excluding tert-OH is 1. The predicted molar refractivity (Wildman–Crippen MR) is 153 cm³/mol. The molecule has 3 N–H and O–H groups in total. The number of nitrogens with zero attached hydrogens (tertiary/aromatic N) is 8. The van der Waals surface area contributed by atoms with Gasteiger partial charge >= 0.3 is 11.7 Å². The maximum atomic E-state index is 15.2. The number of nitrogens with one attached hydrogen (secondary N) is 1. The maximum absolute atomic E-state index is 15.2. The van der Waals surface area contributed by atoms with Crippen molar-refractivity contribution in [2.45, 2.75) is 38.7 Å². The van der Waals surface area contributed by atoms with E-state index >= 15 is 4.39 Å². The molecule has 2 atom stereocenters. The average molecular weight is 664 g/mol. The number of benzene rings is 1. The minimum Gasteiger partial charge on any atom is -0.478 e. The second-order valence-electron chi connectivity index (χ2n) is 9.99. The van der Waals surface area contributed by atoms with E-state index in [0.717, 1.165) is 4.68 Å². The largest absolute Gasteiger partial charge is 0.478 e. The zero-order valence-electron chi connectivity index (χ0n) is 23.8. The number of alkyl halides is 3. The molecule has 5 rings (SSSR count). The molecule has 0 spiro atoms. The van der Waals surface area contributed by atoms with Gasteiger partial charge in [-0.1, -0.05) is 18.5 Å². The molecule has 1 aromatic carbocycles. The number of hydrogen-bond acceptors (Lipinski definition) is 9. The van der Waals surface area contributed by atoms with Crippen molar-refractivity contribution in [1.29, 1.82) is 0 Å². The molecule has 4 aromatic rings. The molecule has 1 saturated heterocycles. The number of rotatable bonds is 10. The molecule has 0 radical (unpaired) electrons. The van der Waals surface area contributed by atoms with Gasteiger partial charge in [-0.25, -0.2) is 41.7 Å². The van der Waals surface area contributed by atoms with Crippen LogP contribution >= 0.6 is 11.6 Å². The molecule has 1 fully saturated rings. The summed E-state index contributed by atoms with van der Waals surface area (Å²) in [4.78, 5) is 60.9. The van der Waals surface area contributed by atoms with Crippen molar-refractivity contribution in [2.75, 3.05) is 19.6 Å². The fraction of sp³-hybridized carbons (Fsp3) is 0.333. The standard InChI is InChI=1S/C27H25ClF3N9O6/c1-2-16-19(15(26(44)45)7-8-32-16)40-24(25(43)37-10-9-33-18(41)12-37)34-17(35-40)11-38-27(46)39(22(31)20(42)21(29)30)23(36-38)13-3-5-14(28)6-4-13/h3-8,20-22,42H,2,9-12H2,1H3,(H,33,41)(H,44,45)/t20-,22?/m1/s1. The van der Waals surface area contributed by atoms with Crippen LogP contribution in [0.25, 0.3) is 17.1 Å². The van der Waals surface area contributed by atoms with Crippen molar-refractivity contribution >= 4 is 29.4 Å². The Balaban J connectivity index is 1.66. The van der Waals surface area contributed by atoms with E-state index in [2.05, 4.69) is 25.5 Å². The Morgan fingerprint density at radius 3 is 2.46 bits per heavy atom. The van der Waals surface area contributed by atoms with E-state index in [9.17, 15) is 38.2 Å². The van der Waals surface area contributed by atoms with E-state index in [0.29, 0.717) is 4.68 Å². The summed E-state index contributed by atoms with van der Waals surface area (Å²) in [6, 6.07) is 6.69. The van der Waals surface area contributed by atoms with Crippen molar-refractivity contribution in [2.24, 2.45) is 0 Å². The number of aliphatic hydroxyl groups is 1. The van der Waals surface area contributed by atoms with E-state index in [-0.39, 0.29) is 64.0 Å². The summed E-state index contributed by atoms with van der Waals surface area (Å²) in [6.07, 6.45) is -7.85. The number of carboxylic acids is 1. The molecule has 46 heavy (non-hydrogen) atoms. The quantitative estimate of drug-likeness (QED) is 0.223. The van der Waals surface area contributed by atoms with E-state index in [1.54, 1.807) is 6.92 Å². The van der Waals surface area contributed by atoms with Crippen molar-refractivity contribution < 1.29 is 37.8 Å². The zero-order valence-corrected chi connectivity index (χ0v) is 24.6. The number of halogens is 4. The van der Waals surface area contributed by atoms with Crippen molar-refractivity contribution in [1.82, 2.24) is 44.3 Å². The van der Waals surface area contributed by atoms with Crippen LogP contribution in [0.5, 0.6) is 0 Å². The van der Waals surface area contributed by atoms with Gasteiger partial charge in [0.25, 0.3) is 12.3 Å². The number of carbonyl (C=O) groups excluding carboxylic acids is 2. The fourth-order valence-electron chi connectivity index (χ4n) is 4.78. The number of aryl methyl sites for hydroxylation is 1. The van der Waals surface area contributed by atoms with Crippen LogP contribution in [0.1, 0.15) is 45.7 Å². The Morgan fingerprint density at radius 1 is 1.11 bits per heavy atom. The van der Waals surface area contributed by atoms with Crippen molar-refractivity contribution in [3.63, 3.8) is 0 Å². The van der Waals surface area contributed by atoms with Gasteiger partial charge < -0.3 is 20.4 Å². The molecule has 1 aliphatic heterocycles. The Morgan fingerprint density at radius 2 is 1.83 bits per heavy atom. The second kappa shape index (κ2) is 13.1. The Hall–Kier alpha value is -5.10. The van der Waals surface area contributed by atoms with Crippen LogP contribution in [0.3, 0.4) is 0 Å². The summed E-state index contributed by atoms with van der Waals surface area (Å²) >= 11 is 5.93. The number of piperazine rings is 1. The van der Waals surface area contributed by atoms with E-state index in [4.69, 9.17) is 11.6 Å². The van der Waals surface area contributed by atoms with Crippen molar-refractivity contribution in [3.8, 4) is 17.1 Å². The molecular weight excluding hydrogens is 639 g/mol. The van der Waals surface area contributed by atoms with Crippen LogP contribution in [0.2, 0.25) is 5.02 Å². The lowest BCUT2D eigenvalue weighted by atomic mass is 10.1. The Bertz CT molecular complexity index is 1860. The first-order valence-corrected chi connectivity index (χ1v) is 14.1. The minimum atomic E-state index is -3.54. The molecule has 1 aliphatic rings. The van der Waals surface area contributed by atoms with Gasteiger partial charge in [0.1, 0.15) is 18.8 Å². The fourth-order valence-corrected chi connectivity index (χ4v) is 4.91. The molecule has 0 aliphatic carbocycles. The first-order valence-electron chi connectivity index (χ1n) is 13.7. The number of aromatic carboxylic acids is 1. The van der Waals surface area contributed by atoms with Gasteiger partial charge in [-0.05, 0) is 36.8 Å². The number of hydrogen-bond donors (Lipinski definition) is 3. The molecule has 4 heterocycles. The molecule has 15 nitrogen and oxygen atoms in total. The molecule has 19 heteroatoms. The Labute approximate surface area is 261 Å². The average Bonchev–Trinajstić information content (AvgIpc) is 3.60. The molecular formula is C27H25ClF3N9O6. The monoisotopic (exact) mass is 663 g/mol. The van der Waals surface area contributed by atoms with Gasteiger partial charge in [-0.3, -0.25) is 14.6 Å². The van der Waals surface area contributed by atoms with Crippen LogP contribution in [0, 0.1) is 0 Å². The number of pyridine rings is 1. The third-order valence-corrected chi connectivity index (χ3v) is 7.25. The third kappa shape index (κ3) is 6.20. The maximum Gasteiger partial charge on any atom is 0.349 e. The van der Waals surface area contributed by atoms with Gasteiger partial charge in [0.2, 0.25) is 18.0 Å². The lowest BCUT2D eigenvalue weighted by Gasteiger charge is -2.26. The minimum absolute atomic E-state index is 0.0929. The van der Waals surface area contributed by atoms with E-state index in [1.165, 1.54) is 41.4 Å². The smallest absolute Gasteiger partial charge is 0.349 e. The van der Waals surface area contributed by atoms with Gasteiger partial charge in [0.15, 0.2) is 17.8 Å². The van der Waals surface area contributed by atoms with Gasteiger partial charge in [0.05, 0.1) is 11.3 Å².